The quantitative estimate of drug-likeness (QED) is 0.673. The summed E-state index contributed by atoms with van der Waals surface area (Å²) >= 11 is 0. The topological polar surface area (TPSA) is 27.0 Å². The van der Waals surface area contributed by atoms with Gasteiger partial charge in [0.2, 0.25) is 0 Å². The Morgan fingerprint density at radius 3 is 2.57 bits per heavy atom. The standard InChI is InChI=1S/C12H14N2/c1-10-8-12(5-4-11(10)9-13)14-6-2-3-7-14/h4-5,8H,2-3,6-7H2,1H3. The van der Waals surface area contributed by atoms with E-state index < -0.39 is 0 Å². The van der Waals surface area contributed by atoms with E-state index in [0.717, 1.165) is 24.2 Å². The maximum atomic E-state index is 8.81. The molecule has 0 atom stereocenters. The second-order valence-corrected chi connectivity index (χ2v) is 3.81. The van der Waals surface area contributed by atoms with Crippen LogP contribution in [-0.4, -0.2) is 13.1 Å². The maximum absolute atomic E-state index is 8.81. The molecule has 1 heterocycles. The van der Waals surface area contributed by atoms with Crippen molar-refractivity contribution in [3.63, 3.8) is 0 Å². The van der Waals surface area contributed by atoms with Crippen LogP contribution in [0.3, 0.4) is 0 Å². The van der Waals surface area contributed by atoms with Crippen LogP contribution in [-0.2, 0) is 0 Å². The Hall–Kier alpha value is -1.49. The van der Waals surface area contributed by atoms with Gasteiger partial charge < -0.3 is 4.90 Å². The minimum atomic E-state index is 0.785. The molecule has 14 heavy (non-hydrogen) atoms. The van der Waals surface area contributed by atoms with Crippen molar-refractivity contribution in [1.29, 1.82) is 5.26 Å². The van der Waals surface area contributed by atoms with Crippen molar-refractivity contribution in [3.05, 3.63) is 29.3 Å². The first-order chi connectivity index (χ1) is 6.81. The number of hydrogen-bond donors (Lipinski definition) is 0. The Kier molecular flexibility index (Phi) is 2.41. The molecule has 0 aliphatic carbocycles. The lowest BCUT2D eigenvalue weighted by molar-refractivity contribution is 0.949. The summed E-state index contributed by atoms with van der Waals surface area (Å²) in [6.07, 6.45) is 2.58. The lowest BCUT2D eigenvalue weighted by atomic mass is 10.1. The molecule has 0 bridgehead atoms. The molecule has 0 unspecified atom stereocenters. The number of benzene rings is 1. The molecule has 0 amide bonds. The van der Waals surface area contributed by atoms with Crippen LogP contribution in [0.1, 0.15) is 24.0 Å². The predicted molar refractivity (Wildman–Crippen MR) is 57.3 cm³/mol. The summed E-state index contributed by atoms with van der Waals surface area (Å²) in [5.41, 5.74) is 3.13. The molecular weight excluding hydrogens is 172 g/mol. The van der Waals surface area contributed by atoms with Crippen LogP contribution in [0.25, 0.3) is 0 Å². The van der Waals surface area contributed by atoms with E-state index in [1.54, 1.807) is 0 Å². The SMILES string of the molecule is Cc1cc(N2CCCC2)ccc1C#N. The molecule has 0 spiro atoms. The van der Waals surface area contributed by atoms with E-state index in [-0.39, 0.29) is 0 Å². The summed E-state index contributed by atoms with van der Waals surface area (Å²) in [7, 11) is 0. The van der Waals surface area contributed by atoms with Crippen molar-refractivity contribution in [2.24, 2.45) is 0 Å². The van der Waals surface area contributed by atoms with E-state index in [2.05, 4.69) is 23.1 Å². The van der Waals surface area contributed by atoms with Gasteiger partial charge in [-0.2, -0.15) is 5.26 Å². The fourth-order valence-corrected chi connectivity index (χ4v) is 1.95. The van der Waals surface area contributed by atoms with Gasteiger partial charge in [0, 0.05) is 18.8 Å². The van der Waals surface area contributed by atoms with Crippen molar-refractivity contribution in [1.82, 2.24) is 0 Å². The third kappa shape index (κ3) is 1.58. The van der Waals surface area contributed by atoms with Gasteiger partial charge in [-0.05, 0) is 43.5 Å². The summed E-state index contributed by atoms with van der Waals surface area (Å²) in [6.45, 7) is 4.31. The molecule has 1 aromatic carbocycles. The zero-order valence-corrected chi connectivity index (χ0v) is 8.45. The Bertz CT molecular complexity index is 370. The highest BCUT2D eigenvalue weighted by atomic mass is 15.1. The average Bonchev–Trinajstić information content (AvgIpc) is 2.70. The number of hydrogen-bond acceptors (Lipinski definition) is 2. The Morgan fingerprint density at radius 2 is 2.00 bits per heavy atom. The monoisotopic (exact) mass is 186 g/mol. The second-order valence-electron chi connectivity index (χ2n) is 3.81. The van der Waals surface area contributed by atoms with E-state index >= 15 is 0 Å². The van der Waals surface area contributed by atoms with E-state index in [4.69, 9.17) is 5.26 Å². The largest absolute Gasteiger partial charge is 0.372 e. The molecule has 1 aliphatic rings. The van der Waals surface area contributed by atoms with Gasteiger partial charge in [0.05, 0.1) is 11.6 Å². The Balaban J connectivity index is 2.28. The molecule has 0 radical (unpaired) electrons. The zero-order chi connectivity index (χ0) is 9.97. The summed E-state index contributed by atoms with van der Waals surface area (Å²) < 4.78 is 0. The molecule has 1 fully saturated rings. The van der Waals surface area contributed by atoms with Gasteiger partial charge >= 0.3 is 0 Å². The molecule has 2 rings (SSSR count). The Morgan fingerprint density at radius 1 is 1.29 bits per heavy atom. The number of anilines is 1. The molecule has 1 aliphatic heterocycles. The van der Waals surface area contributed by atoms with Crippen LogP contribution < -0.4 is 4.90 Å². The first-order valence-electron chi connectivity index (χ1n) is 5.07. The summed E-state index contributed by atoms with van der Waals surface area (Å²) in [4.78, 5) is 2.38. The molecular formula is C12H14N2. The lowest BCUT2D eigenvalue weighted by Crippen LogP contribution is -2.17. The molecule has 0 N–H and O–H groups in total. The van der Waals surface area contributed by atoms with Crippen LogP contribution >= 0.6 is 0 Å². The molecule has 0 aromatic heterocycles. The highest BCUT2D eigenvalue weighted by Crippen LogP contribution is 2.22. The fourth-order valence-electron chi connectivity index (χ4n) is 1.95. The molecule has 1 saturated heterocycles. The van der Waals surface area contributed by atoms with E-state index in [0.29, 0.717) is 0 Å². The highest BCUT2D eigenvalue weighted by molar-refractivity contribution is 5.53. The third-order valence-electron chi connectivity index (χ3n) is 2.80. The van der Waals surface area contributed by atoms with Gasteiger partial charge in [-0.25, -0.2) is 0 Å². The summed E-state index contributed by atoms with van der Waals surface area (Å²) in [5, 5.41) is 8.81. The number of nitrogens with zero attached hydrogens (tertiary/aromatic N) is 2. The summed E-state index contributed by atoms with van der Waals surface area (Å²) in [6, 6.07) is 8.28. The molecule has 72 valence electrons. The van der Waals surface area contributed by atoms with Gasteiger partial charge in [-0.15, -0.1) is 0 Å². The molecule has 1 aromatic rings. The van der Waals surface area contributed by atoms with Gasteiger partial charge in [0.15, 0.2) is 0 Å². The predicted octanol–water partition coefficient (Wildman–Crippen LogP) is 2.47. The Labute approximate surface area is 84.8 Å². The van der Waals surface area contributed by atoms with E-state index in [9.17, 15) is 0 Å². The van der Waals surface area contributed by atoms with Crippen LogP contribution in [0, 0.1) is 18.3 Å². The molecule has 2 nitrogen and oxygen atoms in total. The third-order valence-corrected chi connectivity index (χ3v) is 2.80. The van der Waals surface area contributed by atoms with E-state index in [1.165, 1.54) is 18.5 Å². The van der Waals surface area contributed by atoms with Crippen LogP contribution in [0.5, 0.6) is 0 Å². The van der Waals surface area contributed by atoms with Crippen molar-refractivity contribution in [2.75, 3.05) is 18.0 Å². The highest BCUT2D eigenvalue weighted by Gasteiger charge is 2.12. The number of rotatable bonds is 1. The zero-order valence-electron chi connectivity index (χ0n) is 8.45. The van der Waals surface area contributed by atoms with Crippen molar-refractivity contribution < 1.29 is 0 Å². The van der Waals surface area contributed by atoms with Gasteiger partial charge in [0.25, 0.3) is 0 Å². The average molecular weight is 186 g/mol. The van der Waals surface area contributed by atoms with Crippen LogP contribution in [0.2, 0.25) is 0 Å². The molecule has 0 saturated carbocycles. The first-order valence-corrected chi connectivity index (χ1v) is 5.07. The van der Waals surface area contributed by atoms with E-state index in [1.807, 2.05) is 13.0 Å². The normalized spacial score (nSPS) is 15.6. The smallest absolute Gasteiger partial charge is 0.0994 e. The van der Waals surface area contributed by atoms with Gasteiger partial charge in [-0.1, -0.05) is 0 Å². The van der Waals surface area contributed by atoms with Crippen molar-refractivity contribution >= 4 is 5.69 Å². The van der Waals surface area contributed by atoms with Crippen LogP contribution in [0.15, 0.2) is 18.2 Å². The molecule has 2 heteroatoms. The van der Waals surface area contributed by atoms with Crippen molar-refractivity contribution in [3.8, 4) is 6.07 Å². The number of nitriles is 1. The summed E-state index contributed by atoms with van der Waals surface area (Å²) in [5.74, 6) is 0. The fraction of sp³-hybridized carbons (Fsp3) is 0.417. The maximum Gasteiger partial charge on any atom is 0.0994 e. The first kappa shape index (κ1) is 9.08. The van der Waals surface area contributed by atoms with Gasteiger partial charge in [-0.3, -0.25) is 0 Å². The van der Waals surface area contributed by atoms with Crippen LogP contribution in [0.4, 0.5) is 5.69 Å². The van der Waals surface area contributed by atoms with Gasteiger partial charge in [0.1, 0.15) is 0 Å². The number of aryl methyl sites for hydroxylation is 1. The van der Waals surface area contributed by atoms with Crippen molar-refractivity contribution in [2.45, 2.75) is 19.8 Å². The minimum absolute atomic E-state index is 0.785. The minimum Gasteiger partial charge on any atom is -0.372 e. The lowest BCUT2D eigenvalue weighted by Gasteiger charge is -2.18. The second kappa shape index (κ2) is 3.71.